The number of carbonyl (C=O) groups excluding carboxylic acids is 1. The average molecular weight is 347 g/mol. The fourth-order valence-corrected chi connectivity index (χ4v) is 3.82. The van der Waals surface area contributed by atoms with Crippen molar-refractivity contribution < 1.29 is 4.79 Å². The molecule has 0 radical (unpaired) electrons. The van der Waals surface area contributed by atoms with Gasteiger partial charge in [-0.25, -0.2) is 0 Å². The Hall–Kier alpha value is -2.62. The molecule has 1 unspecified atom stereocenters. The average Bonchev–Trinajstić information content (AvgIpc) is 3.37. The predicted octanol–water partition coefficient (Wildman–Crippen LogP) is 4.21. The number of aryl methyl sites for hydroxylation is 1. The van der Waals surface area contributed by atoms with Crippen LogP contribution in [0.2, 0.25) is 0 Å². The van der Waals surface area contributed by atoms with Crippen LogP contribution in [0.15, 0.2) is 42.6 Å². The van der Waals surface area contributed by atoms with E-state index in [1.807, 2.05) is 17.9 Å². The molecule has 1 fully saturated rings. The number of nitrogens with one attached hydrogen (secondary N) is 1. The van der Waals surface area contributed by atoms with Crippen molar-refractivity contribution >= 4 is 16.8 Å². The van der Waals surface area contributed by atoms with Crippen LogP contribution in [0.4, 0.5) is 0 Å². The molecule has 2 atom stereocenters. The van der Waals surface area contributed by atoms with E-state index in [1.165, 1.54) is 22.3 Å². The SMILES string of the molecule is CNC(=O)[C@@H]1CC1c1cc(-c2ccc(C(C)C)cc2)cc2c1cnn2C. The summed E-state index contributed by atoms with van der Waals surface area (Å²) in [6.07, 6.45) is 2.84. The zero-order valence-electron chi connectivity index (χ0n) is 15.8. The minimum Gasteiger partial charge on any atom is -0.359 e. The first kappa shape index (κ1) is 16.8. The Balaban J connectivity index is 1.79. The molecule has 26 heavy (non-hydrogen) atoms. The molecule has 134 valence electrons. The van der Waals surface area contributed by atoms with E-state index >= 15 is 0 Å². The largest absolute Gasteiger partial charge is 0.359 e. The van der Waals surface area contributed by atoms with Crippen molar-refractivity contribution in [1.82, 2.24) is 15.1 Å². The highest BCUT2D eigenvalue weighted by Gasteiger charge is 2.44. The molecule has 2 aromatic carbocycles. The molecule has 1 aliphatic carbocycles. The fourth-order valence-electron chi connectivity index (χ4n) is 3.82. The van der Waals surface area contributed by atoms with Gasteiger partial charge in [0.15, 0.2) is 0 Å². The lowest BCUT2D eigenvalue weighted by Crippen LogP contribution is -2.20. The number of rotatable bonds is 4. The zero-order valence-corrected chi connectivity index (χ0v) is 15.8. The van der Waals surface area contributed by atoms with Crippen molar-refractivity contribution in [2.75, 3.05) is 7.05 Å². The number of hydrogen-bond acceptors (Lipinski definition) is 2. The van der Waals surface area contributed by atoms with E-state index in [0.717, 1.165) is 17.3 Å². The predicted molar refractivity (Wildman–Crippen MR) is 105 cm³/mol. The Morgan fingerprint density at radius 2 is 1.92 bits per heavy atom. The molecule has 4 heteroatoms. The Morgan fingerprint density at radius 3 is 2.58 bits per heavy atom. The third-order valence-corrected chi connectivity index (χ3v) is 5.58. The van der Waals surface area contributed by atoms with Crippen molar-refractivity contribution in [3.63, 3.8) is 0 Å². The molecular formula is C22H25N3O. The van der Waals surface area contributed by atoms with Gasteiger partial charge in [0.2, 0.25) is 5.91 Å². The van der Waals surface area contributed by atoms with E-state index in [1.54, 1.807) is 7.05 Å². The first-order valence-electron chi connectivity index (χ1n) is 9.27. The lowest BCUT2D eigenvalue weighted by atomic mass is 9.95. The van der Waals surface area contributed by atoms with E-state index in [-0.39, 0.29) is 17.7 Å². The number of carbonyl (C=O) groups is 1. The lowest BCUT2D eigenvalue weighted by molar-refractivity contribution is -0.121. The standard InChI is InChI=1S/C22H25N3O/c1-13(2)14-5-7-15(8-6-14)16-9-17(18-11-19(18)22(26)23-3)20-12-24-25(4)21(20)10-16/h5-10,12-13,18-19H,11H2,1-4H3,(H,23,26)/t18?,19-/m1/s1. The Labute approximate surface area is 154 Å². The van der Waals surface area contributed by atoms with Gasteiger partial charge >= 0.3 is 0 Å². The smallest absolute Gasteiger partial charge is 0.223 e. The van der Waals surface area contributed by atoms with Gasteiger partial charge in [-0.1, -0.05) is 44.2 Å². The van der Waals surface area contributed by atoms with Crippen molar-refractivity contribution in [2.24, 2.45) is 13.0 Å². The maximum Gasteiger partial charge on any atom is 0.223 e. The molecule has 0 aliphatic heterocycles. The minimum absolute atomic E-state index is 0.0852. The van der Waals surface area contributed by atoms with Gasteiger partial charge < -0.3 is 5.32 Å². The minimum atomic E-state index is 0.0852. The van der Waals surface area contributed by atoms with Crippen LogP contribution in [0, 0.1) is 5.92 Å². The molecule has 1 heterocycles. The number of hydrogen-bond donors (Lipinski definition) is 1. The summed E-state index contributed by atoms with van der Waals surface area (Å²) in [5, 5.41) is 8.39. The van der Waals surface area contributed by atoms with Crippen LogP contribution in [0.25, 0.3) is 22.0 Å². The van der Waals surface area contributed by atoms with Crippen molar-refractivity contribution in [2.45, 2.75) is 32.1 Å². The van der Waals surface area contributed by atoms with Crippen LogP contribution in [-0.2, 0) is 11.8 Å². The molecule has 3 aromatic rings. The van der Waals surface area contributed by atoms with E-state index < -0.39 is 0 Å². The summed E-state index contributed by atoms with van der Waals surface area (Å²) in [5.41, 5.74) is 6.10. The van der Waals surface area contributed by atoms with Gasteiger partial charge in [0, 0.05) is 25.4 Å². The molecule has 1 N–H and O–H groups in total. The quantitative estimate of drug-likeness (QED) is 0.768. The summed E-state index contributed by atoms with van der Waals surface area (Å²) < 4.78 is 1.92. The van der Waals surface area contributed by atoms with Crippen LogP contribution in [-0.4, -0.2) is 22.7 Å². The molecule has 4 nitrogen and oxygen atoms in total. The van der Waals surface area contributed by atoms with Gasteiger partial charge in [0.05, 0.1) is 11.7 Å². The van der Waals surface area contributed by atoms with E-state index in [0.29, 0.717) is 5.92 Å². The molecule has 1 aromatic heterocycles. The second-order valence-electron chi connectivity index (χ2n) is 7.61. The summed E-state index contributed by atoms with van der Waals surface area (Å²) in [7, 11) is 3.69. The molecule has 0 spiro atoms. The Kier molecular flexibility index (Phi) is 4.06. The third-order valence-electron chi connectivity index (χ3n) is 5.58. The maximum absolute atomic E-state index is 12.0. The molecule has 4 rings (SSSR count). The lowest BCUT2D eigenvalue weighted by Gasteiger charge is -2.10. The first-order valence-corrected chi connectivity index (χ1v) is 9.27. The van der Waals surface area contributed by atoms with Gasteiger partial charge in [-0.3, -0.25) is 9.48 Å². The number of amides is 1. The summed E-state index contributed by atoms with van der Waals surface area (Å²) in [6.45, 7) is 4.42. The number of benzene rings is 2. The molecule has 0 saturated heterocycles. The Bertz CT molecular complexity index is 969. The van der Waals surface area contributed by atoms with Gasteiger partial charge in [-0.05, 0) is 46.6 Å². The Morgan fingerprint density at radius 1 is 1.19 bits per heavy atom. The van der Waals surface area contributed by atoms with Crippen molar-refractivity contribution in [1.29, 1.82) is 0 Å². The van der Waals surface area contributed by atoms with Crippen LogP contribution in [0.1, 0.15) is 43.2 Å². The van der Waals surface area contributed by atoms with Crippen molar-refractivity contribution in [3.05, 3.63) is 53.7 Å². The molecule has 0 bridgehead atoms. The molecule has 1 amide bonds. The highest BCUT2D eigenvalue weighted by Crippen LogP contribution is 2.50. The van der Waals surface area contributed by atoms with Crippen LogP contribution in [0.5, 0.6) is 0 Å². The summed E-state index contributed by atoms with van der Waals surface area (Å²) in [5.74, 6) is 1.04. The van der Waals surface area contributed by atoms with Crippen molar-refractivity contribution in [3.8, 4) is 11.1 Å². The summed E-state index contributed by atoms with van der Waals surface area (Å²) in [6, 6.07) is 13.3. The van der Waals surface area contributed by atoms with Crippen LogP contribution < -0.4 is 5.32 Å². The highest BCUT2D eigenvalue weighted by atomic mass is 16.1. The van der Waals surface area contributed by atoms with Gasteiger partial charge in [-0.2, -0.15) is 5.10 Å². The van der Waals surface area contributed by atoms with E-state index in [9.17, 15) is 4.79 Å². The van der Waals surface area contributed by atoms with Gasteiger partial charge in [0.1, 0.15) is 0 Å². The maximum atomic E-state index is 12.0. The monoisotopic (exact) mass is 347 g/mol. The summed E-state index contributed by atoms with van der Waals surface area (Å²) in [4.78, 5) is 12.0. The first-order chi connectivity index (χ1) is 12.5. The zero-order chi connectivity index (χ0) is 18.4. The summed E-state index contributed by atoms with van der Waals surface area (Å²) >= 11 is 0. The van der Waals surface area contributed by atoms with E-state index in [4.69, 9.17) is 0 Å². The molecule has 1 saturated carbocycles. The number of nitrogens with zero attached hydrogens (tertiary/aromatic N) is 2. The van der Waals surface area contributed by atoms with Gasteiger partial charge in [0.25, 0.3) is 0 Å². The topological polar surface area (TPSA) is 46.9 Å². The normalized spacial score (nSPS) is 19.1. The highest BCUT2D eigenvalue weighted by molar-refractivity contribution is 5.91. The van der Waals surface area contributed by atoms with Crippen LogP contribution in [0.3, 0.4) is 0 Å². The second-order valence-corrected chi connectivity index (χ2v) is 7.61. The fraction of sp³-hybridized carbons (Fsp3) is 0.364. The molecule has 1 aliphatic rings. The second kappa shape index (κ2) is 6.27. The molecular weight excluding hydrogens is 322 g/mol. The van der Waals surface area contributed by atoms with Crippen LogP contribution >= 0.6 is 0 Å². The number of fused-ring (bicyclic) bond motifs is 1. The van der Waals surface area contributed by atoms with Gasteiger partial charge in [-0.15, -0.1) is 0 Å². The third kappa shape index (κ3) is 2.79. The number of aromatic nitrogens is 2. The van der Waals surface area contributed by atoms with E-state index in [2.05, 4.69) is 60.7 Å².